The zero-order chi connectivity index (χ0) is 12.7. The van der Waals surface area contributed by atoms with E-state index in [1.807, 2.05) is 31.2 Å². The average Bonchev–Trinajstić information content (AvgIpc) is 2.38. The standard InChI is InChI=1S/C16H22O/c1-4-6-12-16(3,13-17)15(5-2)14-10-8-7-9-11-14/h5,7-11,13,15H,2,4,6,12H2,1,3H3. The highest BCUT2D eigenvalue weighted by atomic mass is 16.1. The monoisotopic (exact) mass is 230 g/mol. The van der Waals surface area contributed by atoms with Crippen LogP contribution in [0.25, 0.3) is 0 Å². The van der Waals surface area contributed by atoms with Crippen molar-refractivity contribution in [2.75, 3.05) is 0 Å². The van der Waals surface area contributed by atoms with Gasteiger partial charge in [-0.15, -0.1) is 6.58 Å². The number of allylic oxidation sites excluding steroid dienone is 1. The summed E-state index contributed by atoms with van der Waals surface area (Å²) in [5, 5.41) is 0. The molecule has 2 unspecified atom stereocenters. The molecule has 1 aromatic carbocycles. The van der Waals surface area contributed by atoms with Crippen molar-refractivity contribution in [1.29, 1.82) is 0 Å². The average molecular weight is 230 g/mol. The Morgan fingerprint density at radius 3 is 2.47 bits per heavy atom. The number of rotatable bonds is 7. The molecule has 0 N–H and O–H groups in total. The van der Waals surface area contributed by atoms with Crippen LogP contribution in [0.1, 0.15) is 44.6 Å². The first-order valence-electron chi connectivity index (χ1n) is 6.31. The minimum absolute atomic E-state index is 0.104. The van der Waals surface area contributed by atoms with E-state index in [2.05, 4.69) is 25.6 Å². The molecule has 0 heterocycles. The second kappa shape index (κ2) is 6.39. The Kier molecular flexibility index (Phi) is 5.14. The molecule has 1 heteroatoms. The zero-order valence-corrected chi connectivity index (χ0v) is 10.9. The number of carbonyl (C=O) groups excluding carboxylic acids is 1. The summed E-state index contributed by atoms with van der Waals surface area (Å²) in [4.78, 5) is 11.5. The Morgan fingerprint density at radius 1 is 1.35 bits per heavy atom. The molecule has 1 rings (SSSR count). The maximum atomic E-state index is 11.5. The normalized spacial score (nSPS) is 15.9. The summed E-state index contributed by atoms with van der Waals surface area (Å²) in [5.74, 6) is 0.104. The molecular formula is C16H22O. The van der Waals surface area contributed by atoms with E-state index in [0.717, 1.165) is 25.5 Å². The van der Waals surface area contributed by atoms with E-state index < -0.39 is 0 Å². The molecule has 0 bridgehead atoms. The lowest BCUT2D eigenvalue weighted by atomic mass is 9.71. The third-order valence-corrected chi connectivity index (χ3v) is 3.44. The lowest BCUT2D eigenvalue weighted by molar-refractivity contribution is -0.116. The van der Waals surface area contributed by atoms with Crippen molar-refractivity contribution >= 4 is 6.29 Å². The molecular weight excluding hydrogens is 208 g/mol. The number of hydrogen-bond donors (Lipinski definition) is 0. The van der Waals surface area contributed by atoms with Crippen LogP contribution >= 0.6 is 0 Å². The Hall–Kier alpha value is -1.37. The van der Waals surface area contributed by atoms with Crippen LogP contribution in [0.2, 0.25) is 0 Å². The second-order valence-electron chi connectivity index (χ2n) is 4.85. The van der Waals surface area contributed by atoms with Gasteiger partial charge in [0.05, 0.1) is 0 Å². The molecule has 0 aliphatic carbocycles. The van der Waals surface area contributed by atoms with E-state index in [0.29, 0.717) is 0 Å². The molecule has 1 nitrogen and oxygen atoms in total. The van der Waals surface area contributed by atoms with Gasteiger partial charge in [0.2, 0.25) is 0 Å². The molecule has 0 radical (unpaired) electrons. The second-order valence-corrected chi connectivity index (χ2v) is 4.85. The van der Waals surface area contributed by atoms with Crippen LogP contribution in [-0.4, -0.2) is 6.29 Å². The van der Waals surface area contributed by atoms with Crippen molar-refractivity contribution in [2.45, 2.75) is 39.0 Å². The van der Waals surface area contributed by atoms with Gasteiger partial charge in [0, 0.05) is 11.3 Å². The number of benzene rings is 1. The maximum Gasteiger partial charge on any atom is 0.126 e. The lowest BCUT2D eigenvalue weighted by Crippen LogP contribution is -2.26. The quantitative estimate of drug-likeness (QED) is 0.502. The van der Waals surface area contributed by atoms with E-state index in [9.17, 15) is 4.79 Å². The SMILES string of the molecule is C=CC(c1ccccc1)C(C)(C=O)CCCC. The molecule has 17 heavy (non-hydrogen) atoms. The van der Waals surface area contributed by atoms with E-state index in [1.54, 1.807) is 0 Å². The highest BCUT2D eigenvalue weighted by molar-refractivity contribution is 5.62. The van der Waals surface area contributed by atoms with Gasteiger partial charge in [-0.05, 0) is 12.0 Å². The molecule has 0 amide bonds. The van der Waals surface area contributed by atoms with Crippen molar-refractivity contribution in [1.82, 2.24) is 0 Å². The van der Waals surface area contributed by atoms with Gasteiger partial charge in [0.25, 0.3) is 0 Å². The summed E-state index contributed by atoms with van der Waals surface area (Å²) >= 11 is 0. The predicted molar refractivity (Wildman–Crippen MR) is 73.1 cm³/mol. The summed E-state index contributed by atoms with van der Waals surface area (Å²) < 4.78 is 0. The summed E-state index contributed by atoms with van der Waals surface area (Å²) in [6.07, 6.45) is 6.11. The molecule has 2 atom stereocenters. The van der Waals surface area contributed by atoms with Gasteiger partial charge in [0.1, 0.15) is 6.29 Å². The fourth-order valence-corrected chi connectivity index (χ4v) is 2.29. The fourth-order valence-electron chi connectivity index (χ4n) is 2.29. The highest BCUT2D eigenvalue weighted by Crippen LogP contribution is 2.39. The smallest absolute Gasteiger partial charge is 0.126 e. The Balaban J connectivity index is 2.98. The van der Waals surface area contributed by atoms with Crippen LogP contribution in [0.15, 0.2) is 43.0 Å². The molecule has 0 saturated carbocycles. The van der Waals surface area contributed by atoms with Gasteiger partial charge in [0.15, 0.2) is 0 Å². The minimum Gasteiger partial charge on any atom is -0.303 e. The fraction of sp³-hybridized carbons (Fsp3) is 0.438. The van der Waals surface area contributed by atoms with Gasteiger partial charge >= 0.3 is 0 Å². The third kappa shape index (κ3) is 3.29. The molecule has 0 saturated heterocycles. The predicted octanol–water partition coefficient (Wildman–Crippen LogP) is 4.35. The Bertz CT molecular complexity index is 355. The first kappa shape index (κ1) is 13.7. The number of unbranched alkanes of at least 4 members (excludes halogenated alkanes) is 1. The van der Waals surface area contributed by atoms with Crippen molar-refractivity contribution in [2.24, 2.45) is 5.41 Å². The van der Waals surface area contributed by atoms with Crippen molar-refractivity contribution in [3.05, 3.63) is 48.6 Å². The van der Waals surface area contributed by atoms with E-state index in [1.165, 1.54) is 5.56 Å². The molecule has 0 fully saturated rings. The van der Waals surface area contributed by atoms with Crippen LogP contribution in [0.4, 0.5) is 0 Å². The Labute approximate surface area is 105 Å². The third-order valence-electron chi connectivity index (χ3n) is 3.44. The number of hydrogen-bond acceptors (Lipinski definition) is 1. The number of carbonyl (C=O) groups is 1. The van der Waals surface area contributed by atoms with E-state index >= 15 is 0 Å². The van der Waals surface area contributed by atoms with E-state index in [-0.39, 0.29) is 11.3 Å². The topological polar surface area (TPSA) is 17.1 Å². The largest absolute Gasteiger partial charge is 0.303 e. The number of aldehydes is 1. The molecule has 0 aromatic heterocycles. The van der Waals surface area contributed by atoms with Crippen LogP contribution in [-0.2, 0) is 4.79 Å². The van der Waals surface area contributed by atoms with Gasteiger partial charge in [-0.25, -0.2) is 0 Å². The lowest BCUT2D eigenvalue weighted by Gasteiger charge is -2.31. The molecule has 0 aliphatic heterocycles. The first-order valence-corrected chi connectivity index (χ1v) is 6.31. The zero-order valence-electron chi connectivity index (χ0n) is 10.9. The van der Waals surface area contributed by atoms with Crippen molar-refractivity contribution < 1.29 is 4.79 Å². The summed E-state index contributed by atoms with van der Waals surface area (Å²) in [6.45, 7) is 8.09. The van der Waals surface area contributed by atoms with Crippen molar-refractivity contribution in [3.63, 3.8) is 0 Å². The van der Waals surface area contributed by atoms with Gasteiger partial charge < -0.3 is 4.79 Å². The molecule has 0 spiro atoms. The minimum atomic E-state index is -0.334. The van der Waals surface area contributed by atoms with Crippen LogP contribution < -0.4 is 0 Å². The Morgan fingerprint density at radius 2 is 2.00 bits per heavy atom. The van der Waals surface area contributed by atoms with Gasteiger partial charge in [-0.3, -0.25) is 0 Å². The first-order chi connectivity index (χ1) is 8.18. The maximum absolute atomic E-state index is 11.5. The van der Waals surface area contributed by atoms with Crippen LogP contribution in [0.3, 0.4) is 0 Å². The highest BCUT2D eigenvalue weighted by Gasteiger charge is 2.32. The summed E-state index contributed by atoms with van der Waals surface area (Å²) in [5.41, 5.74) is 0.840. The molecule has 1 aromatic rings. The van der Waals surface area contributed by atoms with Crippen LogP contribution in [0, 0.1) is 5.41 Å². The molecule has 92 valence electrons. The van der Waals surface area contributed by atoms with Gasteiger partial charge in [-0.2, -0.15) is 0 Å². The molecule has 0 aliphatic rings. The van der Waals surface area contributed by atoms with Crippen LogP contribution in [0.5, 0.6) is 0 Å². The summed E-state index contributed by atoms with van der Waals surface area (Å²) in [7, 11) is 0. The van der Waals surface area contributed by atoms with Crippen molar-refractivity contribution in [3.8, 4) is 0 Å². The summed E-state index contributed by atoms with van der Waals surface area (Å²) in [6, 6.07) is 10.2. The van der Waals surface area contributed by atoms with E-state index in [4.69, 9.17) is 0 Å². The van der Waals surface area contributed by atoms with Gasteiger partial charge in [-0.1, -0.05) is 63.1 Å².